The number of carbonyl (C=O) groups excluding carboxylic acids is 1. The van der Waals surface area contributed by atoms with Crippen LogP contribution in [0.5, 0.6) is 0 Å². The number of nitrogens with one attached hydrogen (secondary N) is 2. The number of benzene rings is 5. The number of amides is 2. The molecule has 3 N–H and O–H groups in total. The van der Waals surface area contributed by atoms with Crippen molar-refractivity contribution >= 4 is 17.8 Å². The predicted octanol–water partition coefficient (Wildman–Crippen LogP) is 7.16. The van der Waals surface area contributed by atoms with Gasteiger partial charge in [0.15, 0.2) is 6.29 Å². The molecule has 1 saturated heterocycles. The van der Waals surface area contributed by atoms with E-state index in [0.717, 1.165) is 44.6 Å². The van der Waals surface area contributed by atoms with Gasteiger partial charge in [-0.3, -0.25) is 0 Å². The molecular formula is C40H38N6O4S. The van der Waals surface area contributed by atoms with Gasteiger partial charge in [0.25, 0.3) is 0 Å². The Balaban J connectivity index is 1.06. The molecule has 0 radical (unpaired) electrons. The minimum Gasteiger partial charge on any atom is -0.392 e. The molecule has 5 aromatic carbocycles. The number of nitrogens with zero attached hydrogens (tertiary/aromatic N) is 4. The molecule has 0 spiro atoms. The van der Waals surface area contributed by atoms with Crippen molar-refractivity contribution in [2.45, 2.75) is 49.8 Å². The number of hydrogen-bond acceptors (Lipinski definition) is 8. The third kappa shape index (κ3) is 8.89. The molecule has 1 aliphatic rings. The van der Waals surface area contributed by atoms with Gasteiger partial charge in [-0.15, -0.1) is 5.10 Å². The summed E-state index contributed by atoms with van der Waals surface area (Å²) in [6, 6.07) is 43.6. The van der Waals surface area contributed by atoms with Crippen LogP contribution >= 0.6 is 11.8 Å². The van der Waals surface area contributed by atoms with Crippen molar-refractivity contribution in [2.75, 3.05) is 5.75 Å². The maximum atomic E-state index is 12.5. The summed E-state index contributed by atoms with van der Waals surface area (Å²) in [6.45, 7) is 0.844. The van der Waals surface area contributed by atoms with Crippen molar-refractivity contribution < 1.29 is 19.4 Å². The van der Waals surface area contributed by atoms with Crippen LogP contribution in [0.3, 0.4) is 0 Å². The second-order valence-electron chi connectivity index (χ2n) is 12.2. The van der Waals surface area contributed by atoms with Crippen LogP contribution in [0.15, 0.2) is 139 Å². The first-order chi connectivity index (χ1) is 25.1. The van der Waals surface area contributed by atoms with E-state index in [-0.39, 0.29) is 24.8 Å². The third-order valence-corrected chi connectivity index (χ3v) is 9.67. The van der Waals surface area contributed by atoms with E-state index < -0.39 is 6.29 Å². The van der Waals surface area contributed by atoms with Crippen LogP contribution in [-0.4, -0.2) is 43.2 Å². The first kappa shape index (κ1) is 34.1. The molecule has 1 fully saturated rings. The lowest BCUT2D eigenvalue weighted by Crippen LogP contribution is -2.34. The highest BCUT2D eigenvalue weighted by atomic mass is 32.2. The number of thioether (sulfide) groups is 1. The zero-order chi connectivity index (χ0) is 34.8. The quantitative estimate of drug-likeness (QED) is 0.115. The molecule has 0 bridgehead atoms. The summed E-state index contributed by atoms with van der Waals surface area (Å²) in [5.41, 5.74) is 7.72. The number of carbonyl (C=O) groups is 1. The molecule has 0 unspecified atom stereocenters. The Kier molecular flexibility index (Phi) is 11.1. The van der Waals surface area contributed by atoms with Crippen LogP contribution in [-0.2, 0) is 29.2 Å². The van der Waals surface area contributed by atoms with Crippen LogP contribution in [0, 0.1) is 0 Å². The number of hydrogen-bond donors (Lipinski definition) is 3. The highest BCUT2D eigenvalue weighted by molar-refractivity contribution is 7.99. The van der Waals surface area contributed by atoms with Gasteiger partial charge in [0.1, 0.15) is 0 Å². The molecule has 51 heavy (non-hydrogen) atoms. The number of aliphatic hydroxyl groups is 1. The SMILES string of the molecule is O=C(NCc1ccccc1)NCc1cccc(-c2cccc([C@H]3O[C@@H](CSc4nnnn4-c4ccccc4)C[C@@H](c4ccc(CO)cc4)O3)c2)c1. The average molecular weight is 699 g/mol. The summed E-state index contributed by atoms with van der Waals surface area (Å²) < 4.78 is 15.0. The second-order valence-corrected chi connectivity index (χ2v) is 13.2. The topological polar surface area (TPSA) is 123 Å². The summed E-state index contributed by atoms with van der Waals surface area (Å²) in [5.74, 6) is 0.617. The first-order valence-corrected chi connectivity index (χ1v) is 17.8. The highest BCUT2D eigenvalue weighted by Crippen LogP contribution is 2.40. The Morgan fingerprint density at radius 2 is 1.43 bits per heavy atom. The van der Waals surface area contributed by atoms with Crippen LogP contribution < -0.4 is 10.6 Å². The largest absolute Gasteiger partial charge is 0.392 e. The fraction of sp³-hybridized carbons (Fsp3) is 0.200. The van der Waals surface area contributed by atoms with E-state index in [4.69, 9.17) is 9.47 Å². The molecule has 258 valence electrons. The standard InChI is InChI=1S/C40H38N6O4S/c47-26-29-17-19-31(20-18-29)37-23-36(27-51-40-43-44-45-46(40)35-15-5-2-6-16-35)49-38(50-37)34-14-8-13-33(22-34)32-12-7-11-30(21-32)25-42-39(48)41-24-28-9-3-1-4-10-28/h1-22,36-38,47H,23-27H2,(H2,41,42,48)/t36-,37+,38+/m1/s1. The molecule has 10 nitrogen and oxygen atoms in total. The maximum absolute atomic E-state index is 12.5. The van der Waals surface area contributed by atoms with Gasteiger partial charge in [-0.25, -0.2) is 4.79 Å². The number of ether oxygens (including phenoxy) is 2. The van der Waals surface area contributed by atoms with Gasteiger partial charge in [-0.2, -0.15) is 4.68 Å². The Morgan fingerprint density at radius 1 is 0.745 bits per heavy atom. The molecule has 0 aliphatic carbocycles. The zero-order valence-corrected chi connectivity index (χ0v) is 28.7. The molecule has 2 amide bonds. The molecule has 2 heterocycles. The lowest BCUT2D eigenvalue weighted by Gasteiger charge is -2.36. The molecule has 7 rings (SSSR count). The van der Waals surface area contributed by atoms with Crippen molar-refractivity contribution in [3.63, 3.8) is 0 Å². The number of urea groups is 1. The van der Waals surface area contributed by atoms with Gasteiger partial charge in [0.2, 0.25) is 5.16 Å². The molecule has 1 aliphatic heterocycles. The number of tetrazole rings is 1. The Hall–Kier alpha value is -5.33. The van der Waals surface area contributed by atoms with Crippen molar-refractivity contribution in [3.05, 3.63) is 161 Å². The van der Waals surface area contributed by atoms with Gasteiger partial charge in [0, 0.05) is 30.8 Å². The zero-order valence-electron chi connectivity index (χ0n) is 27.8. The summed E-state index contributed by atoms with van der Waals surface area (Å²) in [5, 5.41) is 28.5. The molecule has 1 aromatic heterocycles. The first-order valence-electron chi connectivity index (χ1n) is 16.8. The lowest BCUT2D eigenvalue weighted by molar-refractivity contribution is -0.245. The van der Waals surface area contributed by atoms with Crippen molar-refractivity contribution in [1.82, 2.24) is 30.8 Å². The number of aliphatic hydroxyl groups excluding tert-OH is 1. The third-order valence-electron chi connectivity index (χ3n) is 8.62. The number of para-hydroxylation sites is 1. The van der Waals surface area contributed by atoms with E-state index in [0.29, 0.717) is 30.4 Å². The molecule has 11 heteroatoms. The van der Waals surface area contributed by atoms with Crippen LogP contribution in [0.2, 0.25) is 0 Å². The molecule has 3 atom stereocenters. The summed E-state index contributed by atoms with van der Waals surface area (Å²) in [4.78, 5) is 12.5. The van der Waals surface area contributed by atoms with E-state index in [2.05, 4.69) is 50.4 Å². The minimum absolute atomic E-state index is 0.0154. The molecular weight excluding hydrogens is 661 g/mol. The van der Waals surface area contributed by atoms with Gasteiger partial charge in [-0.1, -0.05) is 121 Å². The monoisotopic (exact) mass is 698 g/mol. The second kappa shape index (κ2) is 16.6. The number of aromatic nitrogens is 4. The van der Waals surface area contributed by atoms with Gasteiger partial charge in [0.05, 0.1) is 24.5 Å². The summed E-state index contributed by atoms with van der Waals surface area (Å²) >= 11 is 1.54. The van der Waals surface area contributed by atoms with E-state index in [1.165, 1.54) is 0 Å². The smallest absolute Gasteiger partial charge is 0.315 e. The average Bonchev–Trinajstić information content (AvgIpc) is 3.68. The predicted molar refractivity (Wildman–Crippen MR) is 196 cm³/mol. The van der Waals surface area contributed by atoms with Crippen molar-refractivity contribution in [1.29, 1.82) is 0 Å². The lowest BCUT2D eigenvalue weighted by atomic mass is 9.99. The van der Waals surface area contributed by atoms with Crippen molar-refractivity contribution in [3.8, 4) is 16.8 Å². The Morgan fingerprint density at radius 3 is 2.20 bits per heavy atom. The number of rotatable bonds is 12. The summed E-state index contributed by atoms with van der Waals surface area (Å²) in [6.07, 6.45) is -0.362. The van der Waals surface area contributed by atoms with Crippen LogP contribution in [0.4, 0.5) is 4.79 Å². The van der Waals surface area contributed by atoms with Crippen LogP contribution in [0.1, 0.15) is 46.6 Å². The van der Waals surface area contributed by atoms with Crippen molar-refractivity contribution in [2.24, 2.45) is 0 Å². The normalized spacial score (nSPS) is 17.2. The highest BCUT2D eigenvalue weighted by Gasteiger charge is 2.33. The fourth-order valence-electron chi connectivity index (χ4n) is 5.94. The Labute approximate surface area is 300 Å². The maximum Gasteiger partial charge on any atom is 0.315 e. The van der Waals surface area contributed by atoms with Crippen LogP contribution in [0.25, 0.3) is 16.8 Å². The fourth-order valence-corrected chi connectivity index (χ4v) is 6.85. The van der Waals surface area contributed by atoms with Gasteiger partial charge < -0.3 is 25.2 Å². The minimum atomic E-state index is -0.616. The van der Waals surface area contributed by atoms with E-state index >= 15 is 0 Å². The molecule has 0 saturated carbocycles. The van der Waals surface area contributed by atoms with Gasteiger partial charge >= 0.3 is 6.03 Å². The van der Waals surface area contributed by atoms with E-state index in [1.54, 1.807) is 16.4 Å². The molecule has 6 aromatic rings. The van der Waals surface area contributed by atoms with E-state index in [1.807, 2.05) is 109 Å². The van der Waals surface area contributed by atoms with Gasteiger partial charge in [-0.05, 0) is 68.1 Å². The Bertz CT molecular complexity index is 2030. The van der Waals surface area contributed by atoms with E-state index in [9.17, 15) is 9.90 Å². The summed E-state index contributed by atoms with van der Waals surface area (Å²) in [7, 11) is 0.